The summed E-state index contributed by atoms with van der Waals surface area (Å²) in [5, 5.41) is 20.5. The Morgan fingerprint density at radius 3 is 2.28 bits per heavy atom. The third-order valence-electron chi connectivity index (χ3n) is 4.86. The number of methoxy groups -OCH3 is 2. The summed E-state index contributed by atoms with van der Waals surface area (Å²) in [6.07, 6.45) is 0.542. The highest BCUT2D eigenvalue weighted by Gasteiger charge is 2.45. The number of aliphatic hydroxyl groups is 1. The van der Waals surface area contributed by atoms with Crippen LogP contribution < -0.4 is 4.74 Å². The molecule has 2 aromatic carbocycles. The molecule has 1 saturated heterocycles. The van der Waals surface area contributed by atoms with Gasteiger partial charge in [-0.15, -0.1) is 0 Å². The molecule has 0 saturated carbocycles. The van der Waals surface area contributed by atoms with E-state index < -0.39 is 17.7 Å². The van der Waals surface area contributed by atoms with Crippen LogP contribution in [0.4, 0.5) is 0 Å². The number of hydrogen-bond donors (Lipinski definition) is 2. The molecule has 0 aromatic heterocycles. The fraction of sp³-hybridized carbons (Fsp3) is 0.273. The lowest BCUT2D eigenvalue weighted by Crippen LogP contribution is -2.31. The van der Waals surface area contributed by atoms with E-state index in [9.17, 15) is 19.8 Å². The third-order valence-corrected chi connectivity index (χ3v) is 4.86. The number of ketones is 1. The number of nitrogens with zero attached hydrogens (tertiary/aromatic N) is 1. The summed E-state index contributed by atoms with van der Waals surface area (Å²) in [7, 11) is 3.10. The van der Waals surface area contributed by atoms with E-state index in [1.54, 1.807) is 43.5 Å². The molecule has 7 nitrogen and oxygen atoms in total. The molecule has 1 heterocycles. The van der Waals surface area contributed by atoms with Gasteiger partial charge in [0.2, 0.25) is 0 Å². The summed E-state index contributed by atoms with van der Waals surface area (Å²) >= 11 is 0. The van der Waals surface area contributed by atoms with Gasteiger partial charge in [0.05, 0.1) is 18.7 Å². The molecule has 1 unspecified atom stereocenters. The summed E-state index contributed by atoms with van der Waals surface area (Å²) in [6, 6.07) is 12.1. The highest BCUT2D eigenvalue weighted by Crippen LogP contribution is 2.39. The second kappa shape index (κ2) is 8.79. The lowest BCUT2D eigenvalue weighted by molar-refractivity contribution is -0.140. The quantitative estimate of drug-likeness (QED) is 0.323. The first-order valence-electron chi connectivity index (χ1n) is 9.18. The Bertz CT molecular complexity index is 917. The van der Waals surface area contributed by atoms with Gasteiger partial charge in [-0.2, -0.15) is 0 Å². The van der Waals surface area contributed by atoms with Crippen molar-refractivity contribution in [2.24, 2.45) is 0 Å². The van der Waals surface area contributed by atoms with E-state index >= 15 is 0 Å². The number of phenolic OH excluding ortho intramolecular Hbond substituents is 1. The molecule has 2 aromatic rings. The van der Waals surface area contributed by atoms with E-state index in [0.717, 1.165) is 0 Å². The first-order chi connectivity index (χ1) is 14.0. The highest BCUT2D eigenvalue weighted by molar-refractivity contribution is 6.46. The average Bonchev–Trinajstić information content (AvgIpc) is 2.99. The zero-order valence-corrected chi connectivity index (χ0v) is 16.3. The molecule has 152 valence electrons. The minimum Gasteiger partial charge on any atom is -0.508 e. The van der Waals surface area contributed by atoms with Crippen LogP contribution in [0.15, 0.2) is 54.1 Å². The Balaban J connectivity index is 2.09. The van der Waals surface area contributed by atoms with Gasteiger partial charge in [0.15, 0.2) is 0 Å². The van der Waals surface area contributed by atoms with Crippen molar-refractivity contribution in [2.75, 3.05) is 27.4 Å². The van der Waals surface area contributed by atoms with Gasteiger partial charge in [0.1, 0.15) is 17.3 Å². The van der Waals surface area contributed by atoms with E-state index in [1.807, 2.05) is 0 Å². The maximum Gasteiger partial charge on any atom is 0.295 e. The SMILES string of the molecule is COCCCN1C(=O)C(=O)/C(=C(/O)c2ccc(OC)cc2)C1c1ccc(O)cc1. The van der Waals surface area contributed by atoms with E-state index in [2.05, 4.69) is 0 Å². The maximum atomic E-state index is 12.8. The molecule has 29 heavy (non-hydrogen) atoms. The Labute approximate surface area is 168 Å². The van der Waals surface area contributed by atoms with Crippen molar-refractivity contribution in [1.29, 1.82) is 0 Å². The van der Waals surface area contributed by atoms with E-state index in [1.165, 1.54) is 24.1 Å². The van der Waals surface area contributed by atoms with Crippen LogP contribution in [0.25, 0.3) is 5.76 Å². The molecule has 0 spiro atoms. The molecular formula is C22H23NO6. The number of rotatable bonds is 7. The molecule has 0 bridgehead atoms. The van der Waals surface area contributed by atoms with Gasteiger partial charge in [0.25, 0.3) is 11.7 Å². The normalized spacial score (nSPS) is 18.3. The Morgan fingerprint density at radius 2 is 1.69 bits per heavy atom. The summed E-state index contributed by atoms with van der Waals surface area (Å²) < 4.78 is 10.2. The molecule has 1 atom stereocenters. The predicted molar refractivity (Wildman–Crippen MR) is 107 cm³/mol. The van der Waals surface area contributed by atoms with Crippen molar-refractivity contribution in [3.63, 3.8) is 0 Å². The van der Waals surface area contributed by atoms with Crippen LogP contribution in [-0.4, -0.2) is 54.2 Å². The summed E-state index contributed by atoms with van der Waals surface area (Å²) in [4.78, 5) is 27.0. The number of hydrogen-bond acceptors (Lipinski definition) is 6. The second-order valence-corrected chi connectivity index (χ2v) is 6.66. The lowest BCUT2D eigenvalue weighted by atomic mass is 9.95. The zero-order valence-electron chi connectivity index (χ0n) is 16.3. The van der Waals surface area contributed by atoms with Gasteiger partial charge in [-0.05, 0) is 48.4 Å². The molecule has 0 aliphatic carbocycles. The standard InChI is InChI=1S/C22H23NO6/c1-28-13-3-12-23-19(14-4-8-16(24)9-5-14)18(21(26)22(23)27)20(25)15-6-10-17(29-2)11-7-15/h4-11,19,24-25H,3,12-13H2,1-2H3/b20-18+. The van der Waals surface area contributed by atoms with E-state index in [-0.39, 0.29) is 17.1 Å². The van der Waals surface area contributed by atoms with Crippen molar-refractivity contribution >= 4 is 17.4 Å². The summed E-state index contributed by atoms with van der Waals surface area (Å²) in [5.74, 6) is -0.988. The van der Waals surface area contributed by atoms with Crippen molar-refractivity contribution < 1.29 is 29.3 Å². The Morgan fingerprint density at radius 1 is 1.03 bits per heavy atom. The van der Waals surface area contributed by atoms with Crippen LogP contribution in [0, 0.1) is 0 Å². The molecule has 1 aliphatic heterocycles. The van der Waals surface area contributed by atoms with Crippen LogP contribution in [0.2, 0.25) is 0 Å². The minimum atomic E-state index is -0.755. The number of amides is 1. The van der Waals surface area contributed by atoms with Crippen LogP contribution in [0.3, 0.4) is 0 Å². The number of likely N-dealkylation sites (tertiary alicyclic amines) is 1. The number of carbonyl (C=O) groups is 2. The van der Waals surface area contributed by atoms with Gasteiger partial charge in [-0.25, -0.2) is 0 Å². The molecule has 1 amide bonds. The summed E-state index contributed by atoms with van der Waals surface area (Å²) in [5.41, 5.74) is 1.04. The number of aromatic hydroxyl groups is 1. The molecular weight excluding hydrogens is 374 g/mol. The zero-order chi connectivity index (χ0) is 21.0. The van der Waals surface area contributed by atoms with Crippen LogP contribution in [0.1, 0.15) is 23.6 Å². The van der Waals surface area contributed by atoms with Crippen LogP contribution in [-0.2, 0) is 14.3 Å². The van der Waals surface area contributed by atoms with Gasteiger partial charge in [-0.3, -0.25) is 9.59 Å². The molecule has 0 radical (unpaired) electrons. The van der Waals surface area contributed by atoms with Gasteiger partial charge >= 0.3 is 0 Å². The molecule has 7 heteroatoms. The predicted octanol–water partition coefficient (Wildman–Crippen LogP) is 2.86. The van der Waals surface area contributed by atoms with Gasteiger partial charge in [-0.1, -0.05) is 12.1 Å². The number of ether oxygens (including phenoxy) is 2. The van der Waals surface area contributed by atoms with E-state index in [4.69, 9.17) is 9.47 Å². The van der Waals surface area contributed by atoms with Gasteiger partial charge < -0.3 is 24.6 Å². The maximum absolute atomic E-state index is 12.8. The fourth-order valence-electron chi connectivity index (χ4n) is 3.40. The number of benzene rings is 2. The first-order valence-corrected chi connectivity index (χ1v) is 9.18. The number of carbonyl (C=O) groups excluding carboxylic acids is 2. The second-order valence-electron chi connectivity index (χ2n) is 6.66. The van der Waals surface area contributed by atoms with Crippen molar-refractivity contribution in [3.8, 4) is 11.5 Å². The lowest BCUT2D eigenvalue weighted by Gasteiger charge is -2.25. The fourth-order valence-corrected chi connectivity index (χ4v) is 3.40. The van der Waals surface area contributed by atoms with Crippen molar-refractivity contribution in [2.45, 2.75) is 12.5 Å². The first kappa shape index (κ1) is 20.4. The Hall–Kier alpha value is -3.32. The Kier molecular flexibility index (Phi) is 6.19. The van der Waals surface area contributed by atoms with Crippen LogP contribution in [0.5, 0.6) is 11.5 Å². The third kappa shape index (κ3) is 4.09. The number of Topliss-reactive ketones (excluding diaryl/α,β-unsaturated/α-hetero) is 1. The number of phenols is 1. The topological polar surface area (TPSA) is 96.3 Å². The highest BCUT2D eigenvalue weighted by atomic mass is 16.5. The van der Waals surface area contributed by atoms with Gasteiger partial charge in [0, 0.05) is 25.8 Å². The van der Waals surface area contributed by atoms with Crippen LogP contribution >= 0.6 is 0 Å². The molecule has 1 fully saturated rings. The van der Waals surface area contributed by atoms with Crippen molar-refractivity contribution in [1.82, 2.24) is 4.90 Å². The average molecular weight is 397 g/mol. The number of aliphatic hydroxyl groups excluding tert-OH is 1. The smallest absolute Gasteiger partial charge is 0.295 e. The van der Waals surface area contributed by atoms with E-state index in [0.29, 0.717) is 36.4 Å². The molecule has 2 N–H and O–H groups in total. The monoisotopic (exact) mass is 397 g/mol. The summed E-state index contributed by atoms with van der Waals surface area (Å²) in [6.45, 7) is 0.729. The minimum absolute atomic E-state index is 0.0169. The largest absolute Gasteiger partial charge is 0.508 e. The molecule has 1 aliphatic rings. The van der Waals surface area contributed by atoms with Crippen molar-refractivity contribution in [3.05, 3.63) is 65.2 Å². The molecule has 3 rings (SSSR count).